The Kier molecular flexibility index (Phi) is 4.37. The smallest absolute Gasteiger partial charge is 0.225 e. The van der Waals surface area contributed by atoms with Gasteiger partial charge in [-0.1, -0.05) is 38.1 Å². The topological polar surface area (TPSA) is 41.1 Å². The summed E-state index contributed by atoms with van der Waals surface area (Å²) >= 11 is 0. The number of rotatable bonds is 5. The van der Waals surface area contributed by atoms with E-state index in [0.29, 0.717) is 12.5 Å². The molecule has 1 aromatic rings. The van der Waals surface area contributed by atoms with Crippen LogP contribution >= 0.6 is 0 Å². The summed E-state index contributed by atoms with van der Waals surface area (Å²) in [6.07, 6.45) is 1.11. The molecule has 2 N–H and O–H groups in total. The van der Waals surface area contributed by atoms with Crippen LogP contribution in [0.4, 0.5) is 0 Å². The maximum atomic E-state index is 11.7. The largest absolute Gasteiger partial charge is 0.352 e. The van der Waals surface area contributed by atoms with Crippen molar-refractivity contribution < 1.29 is 4.79 Å². The van der Waals surface area contributed by atoms with Gasteiger partial charge in [0.2, 0.25) is 5.91 Å². The molecule has 0 spiro atoms. The lowest BCUT2D eigenvalue weighted by Crippen LogP contribution is -2.50. The number of carbonyl (C=O) groups is 1. The third kappa shape index (κ3) is 3.57. The van der Waals surface area contributed by atoms with E-state index < -0.39 is 0 Å². The third-order valence-corrected chi connectivity index (χ3v) is 3.29. The minimum atomic E-state index is 0.167. The molecule has 1 aliphatic heterocycles. The van der Waals surface area contributed by atoms with Gasteiger partial charge in [-0.05, 0) is 23.5 Å². The van der Waals surface area contributed by atoms with Crippen molar-refractivity contribution in [3.05, 3.63) is 35.4 Å². The molecule has 1 saturated heterocycles. The quantitative estimate of drug-likeness (QED) is 0.830. The van der Waals surface area contributed by atoms with E-state index in [1.54, 1.807) is 0 Å². The maximum Gasteiger partial charge on any atom is 0.225 e. The van der Waals surface area contributed by atoms with Crippen LogP contribution in [0.15, 0.2) is 24.3 Å². The molecule has 1 amide bonds. The van der Waals surface area contributed by atoms with E-state index in [-0.39, 0.29) is 11.8 Å². The zero-order chi connectivity index (χ0) is 13.0. The molecule has 3 nitrogen and oxygen atoms in total. The van der Waals surface area contributed by atoms with E-state index in [0.717, 1.165) is 19.5 Å². The van der Waals surface area contributed by atoms with Crippen molar-refractivity contribution in [1.82, 2.24) is 10.6 Å². The van der Waals surface area contributed by atoms with Crippen LogP contribution in [0.1, 0.15) is 25.0 Å². The molecule has 0 aromatic heterocycles. The number of carbonyl (C=O) groups excluding carboxylic acids is 1. The summed E-state index contributed by atoms with van der Waals surface area (Å²) in [6, 6.07) is 8.53. The Labute approximate surface area is 109 Å². The van der Waals surface area contributed by atoms with Crippen LogP contribution in [0.3, 0.4) is 0 Å². The van der Waals surface area contributed by atoms with Crippen LogP contribution in [-0.2, 0) is 17.8 Å². The Morgan fingerprint density at radius 1 is 1.28 bits per heavy atom. The van der Waals surface area contributed by atoms with Gasteiger partial charge in [-0.15, -0.1) is 0 Å². The first-order valence-electron chi connectivity index (χ1n) is 6.71. The highest BCUT2D eigenvalue weighted by Gasteiger charge is 2.24. The van der Waals surface area contributed by atoms with Gasteiger partial charge in [-0.2, -0.15) is 0 Å². The maximum absolute atomic E-state index is 11.7. The first-order chi connectivity index (χ1) is 8.65. The van der Waals surface area contributed by atoms with Gasteiger partial charge in [0.15, 0.2) is 0 Å². The molecular weight excluding hydrogens is 224 g/mol. The highest BCUT2D eigenvalue weighted by molar-refractivity contribution is 5.79. The second-order valence-corrected chi connectivity index (χ2v) is 5.49. The molecule has 0 saturated carbocycles. The molecule has 2 rings (SSSR count). The summed E-state index contributed by atoms with van der Waals surface area (Å²) in [5.74, 6) is 1.02. The number of hydrogen-bond donors (Lipinski definition) is 2. The van der Waals surface area contributed by atoms with Gasteiger partial charge < -0.3 is 10.6 Å². The molecule has 1 heterocycles. The minimum absolute atomic E-state index is 0.167. The fourth-order valence-corrected chi connectivity index (χ4v) is 2.07. The minimum Gasteiger partial charge on any atom is -0.352 e. The molecule has 3 heteroatoms. The Morgan fingerprint density at radius 2 is 1.89 bits per heavy atom. The fraction of sp³-hybridized carbons (Fsp3) is 0.533. The van der Waals surface area contributed by atoms with Crippen molar-refractivity contribution in [3.63, 3.8) is 0 Å². The lowest BCUT2D eigenvalue weighted by atomic mass is 10.0. The Morgan fingerprint density at radius 3 is 2.39 bits per heavy atom. The molecule has 1 aliphatic rings. The highest BCUT2D eigenvalue weighted by Crippen LogP contribution is 2.10. The Bertz CT molecular complexity index is 393. The number of hydrogen-bond acceptors (Lipinski definition) is 2. The first-order valence-corrected chi connectivity index (χ1v) is 6.71. The Balaban J connectivity index is 1.80. The normalized spacial score (nSPS) is 15.5. The molecule has 1 fully saturated rings. The summed E-state index contributed by atoms with van der Waals surface area (Å²) in [5.41, 5.74) is 2.53. The van der Waals surface area contributed by atoms with Crippen LogP contribution < -0.4 is 10.6 Å². The van der Waals surface area contributed by atoms with E-state index in [2.05, 4.69) is 48.7 Å². The lowest BCUT2D eigenvalue weighted by molar-refractivity contribution is -0.126. The van der Waals surface area contributed by atoms with Crippen molar-refractivity contribution in [2.24, 2.45) is 11.8 Å². The fourth-order valence-electron chi connectivity index (χ4n) is 2.07. The van der Waals surface area contributed by atoms with Crippen LogP contribution in [0, 0.1) is 11.8 Å². The number of nitrogens with one attached hydrogen (secondary N) is 2. The first kappa shape index (κ1) is 13.1. The third-order valence-electron chi connectivity index (χ3n) is 3.29. The second kappa shape index (κ2) is 6.01. The van der Waals surface area contributed by atoms with E-state index in [1.165, 1.54) is 11.1 Å². The average Bonchev–Trinajstić information content (AvgIpc) is 2.25. The van der Waals surface area contributed by atoms with Crippen molar-refractivity contribution >= 4 is 5.91 Å². The van der Waals surface area contributed by atoms with Gasteiger partial charge in [0.05, 0.1) is 5.92 Å². The molecule has 0 radical (unpaired) electrons. The van der Waals surface area contributed by atoms with Crippen LogP contribution in [-0.4, -0.2) is 19.0 Å². The van der Waals surface area contributed by atoms with Gasteiger partial charge in [-0.25, -0.2) is 0 Å². The zero-order valence-corrected chi connectivity index (χ0v) is 11.2. The van der Waals surface area contributed by atoms with Crippen LogP contribution in [0.5, 0.6) is 0 Å². The van der Waals surface area contributed by atoms with Gasteiger partial charge in [0.1, 0.15) is 0 Å². The molecular formula is C15H22N2O. The van der Waals surface area contributed by atoms with Gasteiger partial charge in [0.25, 0.3) is 0 Å². The monoisotopic (exact) mass is 246 g/mol. The van der Waals surface area contributed by atoms with E-state index in [4.69, 9.17) is 0 Å². The van der Waals surface area contributed by atoms with Crippen molar-refractivity contribution in [2.75, 3.05) is 13.1 Å². The SMILES string of the molecule is CC(C)Cc1ccc(CNC(=O)C2CNC2)cc1. The van der Waals surface area contributed by atoms with Crippen LogP contribution in [0.25, 0.3) is 0 Å². The molecule has 1 aromatic carbocycles. The molecule has 0 bridgehead atoms. The molecule has 98 valence electrons. The lowest BCUT2D eigenvalue weighted by Gasteiger charge is -2.25. The van der Waals surface area contributed by atoms with Crippen LogP contribution in [0.2, 0.25) is 0 Å². The Hall–Kier alpha value is -1.35. The predicted octanol–water partition coefficient (Wildman–Crippen LogP) is 1.72. The van der Waals surface area contributed by atoms with E-state index in [9.17, 15) is 4.79 Å². The summed E-state index contributed by atoms with van der Waals surface area (Å²) in [5, 5.41) is 6.09. The number of benzene rings is 1. The van der Waals surface area contributed by atoms with Gasteiger partial charge in [-0.3, -0.25) is 4.79 Å². The summed E-state index contributed by atoms with van der Waals surface area (Å²) in [7, 11) is 0. The van der Waals surface area contributed by atoms with E-state index >= 15 is 0 Å². The molecule has 0 aliphatic carbocycles. The standard InChI is InChI=1S/C15H22N2O/c1-11(2)7-12-3-5-13(6-4-12)8-17-15(18)14-9-16-10-14/h3-6,11,14,16H,7-10H2,1-2H3,(H,17,18). The van der Waals surface area contributed by atoms with Crippen molar-refractivity contribution in [3.8, 4) is 0 Å². The second-order valence-electron chi connectivity index (χ2n) is 5.49. The summed E-state index contributed by atoms with van der Waals surface area (Å²) in [4.78, 5) is 11.7. The van der Waals surface area contributed by atoms with Crippen molar-refractivity contribution in [1.29, 1.82) is 0 Å². The average molecular weight is 246 g/mol. The van der Waals surface area contributed by atoms with E-state index in [1.807, 2.05) is 0 Å². The molecule has 18 heavy (non-hydrogen) atoms. The zero-order valence-electron chi connectivity index (χ0n) is 11.2. The van der Waals surface area contributed by atoms with Gasteiger partial charge in [0, 0.05) is 19.6 Å². The summed E-state index contributed by atoms with van der Waals surface area (Å²) in [6.45, 7) is 6.72. The molecule has 0 atom stereocenters. The summed E-state index contributed by atoms with van der Waals surface area (Å²) < 4.78 is 0. The predicted molar refractivity (Wildman–Crippen MR) is 73.2 cm³/mol. The van der Waals surface area contributed by atoms with Gasteiger partial charge >= 0.3 is 0 Å². The molecule has 0 unspecified atom stereocenters. The van der Waals surface area contributed by atoms with Crippen molar-refractivity contribution in [2.45, 2.75) is 26.8 Å². The number of amides is 1. The highest BCUT2D eigenvalue weighted by atomic mass is 16.2.